The lowest BCUT2D eigenvalue weighted by atomic mass is 10.1. The Morgan fingerprint density at radius 1 is 1.10 bits per heavy atom. The molecule has 104 valence electrons. The van der Waals surface area contributed by atoms with Gasteiger partial charge in [0.1, 0.15) is 17.1 Å². The van der Waals surface area contributed by atoms with E-state index >= 15 is 0 Å². The molecule has 21 heavy (non-hydrogen) atoms. The lowest BCUT2D eigenvalue weighted by Gasteiger charge is -2.11. The smallest absolute Gasteiger partial charge is 0.341 e. The maximum absolute atomic E-state index is 11.2. The highest BCUT2D eigenvalue weighted by Gasteiger charge is 2.14. The van der Waals surface area contributed by atoms with Crippen molar-refractivity contribution in [1.29, 1.82) is 0 Å². The van der Waals surface area contributed by atoms with Crippen LogP contribution < -0.4 is 4.74 Å². The average molecular weight is 344 g/mol. The largest absolute Gasteiger partial charge is 0.477 e. The van der Waals surface area contributed by atoms with E-state index in [1.807, 2.05) is 30.3 Å². The van der Waals surface area contributed by atoms with Crippen molar-refractivity contribution in [1.82, 2.24) is 4.98 Å². The zero-order valence-electron chi connectivity index (χ0n) is 10.8. The third-order valence-electron chi connectivity index (χ3n) is 3.06. The summed E-state index contributed by atoms with van der Waals surface area (Å²) in [5.74, 6) is -0.258. The average Bonchev–Trinajstić information content (AvgIpc) is 2.51. The molecule has 3 rings (SSSR count). The molecule has 0 spiro atoms. The Balaban J connectivity index is 2.07. The van der Waals surface area contributed by atoms with E-state index in [9.17, 15) is 4.79 Å². The zero-order valence-corrected chi connectivity index (χ0v) is 12.4. The Labute approximate surface area is 129 Å². The van der Waals surface area contributed by atoms with E-state index in [4.69, 9.17) is 9.84 Å². The minimum atomic E-state index is -1.07. The summed E-state index contributed by atoms with van der Waals surface area (Å²) in [6.07, 6.45) is 2.77. The maximum Gasteiger partial charge on any atom is 0.341 e. The number of halogens is 1. The van der Waals surface area contributed by atoms with E-state index in [1.54, 1.807) is 6.07 Å². The molecule has 0 aliphatic heterocycles. The van der Waals surface area contributed by atoms with Crippen molar-refractivity contribution in [2.45, 2.75) is 0 Å². The highest BCUT2D eigenvalue weighted by molar-refractivity contribution is 9.10. The first-order valence-corrected chi connectivity index (χ1v) is 6.98. The van der Waals surface area contributed by atoms with Gasteiger partial charge in [-0.1, -0.05) is 30.3 Å². The van der Waals surface area contributed by atoms with Crippen LogP contribution in [0.5, 0.6) is 11.5 Å². The van der Waals surface area contributed by atoms with Gasteiger partial charge in [-0.25, -0.2) is 4.79 Å². The van der Waals surface area contributed by atoms with E-state index in [0.717, 1.165) is 15.2 Å². The van der Waals surface area contributed by atoms with E-state index in [1.165, 1.54) is 18.5 Å². The molecule has 0 saturated carbocycles. The fourth-order valence-corrected chi connectivity index (χ4v) is 2.62. The Bertz CT molecular complexity index is 833. The number of carbonyl (C=O) groups is 1. The summed E-state index contributed by atoms with van der Waals surface area (Å²) >= 11 is 3.51. The van der Waals surface area contributed by atoms with Crippen LogP contribution in [-0.2, 0) is 0 Å². The Morgan fingerprint density at radius 3 is 2.71 bits per heavy atom. The van der Waals surface area contributed by atoms with Crippen molar-refractivity contribution >= 4 is 32.7 Å². The van der Waals surface area contributed by atoms with E-state index in [0.29, 0.717) is 5.75 Å². The zero-order chi connectivity index (χ0) is 14.8. The molecule has 1 N–H and O–H groups in total. The molecule has 2 aromatic carbocycles. The molecule has 0 aliphatic carbocycles. The fourth-order valence-electron chi connectivity index (χ4n) is 2.04. The van der Waals surface area contributed by atoms with Gasteiger partial charge < -0.3 is 9.84 Å². The van der Waals surface area contributed by atoms with Gasteiger partial charge in [0.2, 0.25) is 0 Å². The Hall–Kier alpha value is -2.40. The summed E-state index contributed by atoms with van der Waals surface area (Å²) in [6, 6.07) is 13.1. The van der Waals surface area contributed by atoms with Crippen LogP contribution in [0.2, 0.25) is 0 Å². The Morgan fingerprint density at radius 2 is 1.90 bits per heavy atom. The predicted octanol–water partition coefficient (Wildman–Crippen LogP) is 4.49. The second-order valence-corrected chi connectivity index (χ2v) is 5.17. The second-order valence-electron chi connectivity index (χ2n) is 4.38. The van der Waals surface area contributed by atoms with Gasteiger partial charge in [-0.2, -0.15) is 0 Å². The van der Waals surface area contributed by atoms with E-state index in [2.05, 4.69) is 20.9 Å². The number of pyridine rings is 1. The van der Waals surface area contributed by atoms with Crippen molar-refractivity contribution in [3.8, 4) is 11.5 Å². The van der Waals surface area contributed by atoms with Gasteiger partial charge in [0.05, 0.1) is 4.47 Å². The van der Waals surface area contributed by atoms with Crippen LogP contribution in [0.4, 0.5) is 0 Å². The molecule has 0 bridgehead atoms. The fraction of sp³-hybridized carbons (Fsp3) is 0. The molecule has 0 radical (unpaired) electrons. The molecule has 0 fully saturated rings. The topological polar surface area (TPSA) is 59.4 Å². The monoisotopic (exact) mass is 343 g/mol. The standard InChI is InChI=1S/C16H10BrNO3/c17-15-11-4-2-1-3-10(11)5-6-14(15)21-13-7-8-18-9-12(13)16(19)20/h1-9H,(H,19,20). The molecule has 3 aromatic rings. The molecule has 1 heterocycles. The molecule has 0 saturated heterocycles. The van der Waals surface area contributed by atoms with Crippen LogP contribution in [0, 0.1) is 0 Å². The predicted molar refractivity (Wildman–Crippen MR) is 82.9 cm³/mol. The van der Waals surface area contributed by atoms with Crippen LogP contribution in [-0.4, -0.2) is 16.1 Å². The van der Waals surface area contributed by atoms with Gasteiger partial charge in [-0.15, -0.1) is 0 Å². The molecular weight excluding hydrogens is 334 g/mol. The van der Waals surface area contributed by atoms with Crippen LogP contribution in [0.3, 0.4) is 0 Å². The molecule has 1 aromatic heterocycles. The number of hydrogen-bond donors (Lipinski definition) is 1. The first-order valence-electron chi connectivity index (χ1n) is 6.19. The molecular formula is C16H10BrNO3. The Kier molecular flexibility index (Phi) is 3.58. The number of carboxylic acids is 1. The summed E-state index contributed by atoms with van der Waals surface area (Å²) < 4.78 is 6.53. The third kappa shape index (κ3) is 2.60. The van der Waals surface area contributed by atoms with Gasteiger partial charge in [0.25, 0.3) is 0 Å². The summed E-state index contributed by atoms with van der Waals surface area (Å²) in [7, 11) is 0. The van der Waals surface area contributed by atoms with Gasteiger partial charge in [-0.05, 0) is 32.8 Å². The molecule has 0 amide bonds. The molecule has 0 atom stereocenters. The molecule has 0 aliphatic rings. The number of carboxylic acid groups (broad SMARTS) is 1. The van der Waals surface area contributed by atoms with Crippen LogP contribution in [0.1, 0.15) is 10.4 Å². The third-order valence-corrected chi connectivity index (χ3v) is 3.88. The lowest BCUT2D eigenvalue weighted by Crippen LogP contribution is -2.00. The lowest BCUT2D eigenvalue weighted by molar-refractivity contribution is 0.0693. The highest BCUT2D eigenvalue weighted by atomic mass is 79.9. The summed E-state index contributed by atoms with van der Waals surface area (Å²) in [5, 5.41) is 11.2. The first-order chi connectivity index (χ1) is 10.2. The van der Waals surface area contributed by atoms with Crippen molar-refractivity contribution in [3.63, 3.8) is 0 Å². The minimum absolute atomic E-state index is 0.0255. The summed E-state index contributed by atoms with van der Waals surface area (Å²) in [6.45, 7) is 0. The van der Waals surface area contributed by atoms with Gasteiger partial charge in [-0.3, -0.25) is 4.98 Å². The number of aromatic nitrogens is 1. The normalized spacial score (nSPS) is 10.5. The van der Waals surface area contributed by atoms with Gasteiger partial charge in [0, 0.05) is 18.5 Å². The van der Waals surface area contributed by atoms with Crippen molar-refractivity contribution in [2.75, 3.05) is 0 Å². The van der Waals surface area contributed by atoms with Gasteiger partial charge in [0.15, 0.2) is 0 Å². The van der Waals surface area contributed by atoms with Crippen molar-refractivity contribution in [3.05, 3.63) is 64.9 Å². The van der Waals surface area contributed by atoms with Crippen molar-refractivity contribution in [2.24, 2.45) is 0 Å². The highest BCUT2D eigenvalue weighted by Crippen LogP contribution is 2.36. The number of rotatable bonds is 3. The van der Waals surface area contributed by atoms with Crippen LogP contribution in [0.25, 0.3) is 10.8 Å². The number of nitrogens with zero attached hydrogens (tertiary/aromatic N) is 1. The number of benzene rings is 2. The van der Waals surface area contributed by atoms with Crippen molar-refractivity contribution < 1.29 is 14.6 Å². The molecule has 4 nitrogen and oxygen atoms in total. The quantitative estimate of drug-likeness (QED) is 0.761. The summed E-state index contributed by atoms with van der Waals surface area (Å²) in [5.41, 5.74) is 0.0255. The molecule has 0 unspecified atom stereocenters. The van der Waals surface area contributed by atoms with Crippen LogP contribution >= 0.6 is 15.9 Å². The second kappa shape index (κ2) is 5.54. The SMILES string of the molecule is O=C(O)c1cnccc1Oc1ccc2ccccc2c1Br. The first kappa shape index (κ1) is 13.6. The number of ether oxygens (including phenoxy) is 1. The van der Waals surface area contributed by atoms with Gasteiger partial charge >= 0.3 is 5.97 Å². The minimum Gasteiger partial charge on any atom is -0.477 e. The molecule has 5 heteroatoms. The van der Waals surface area contributed by atoms with E-state index < -0.39 is 5.97 Å². The van der Waals surface area contributed by atoms with Crippen LogP contribution in [0.15, 0.2) is 59.3 Å². The maximum atomic E-state index is 11.2. The number of fused-ring (bicyclic) bond motifs is 1. The number of hydrogen-bond acceptors (Lipinski definition) is 3. The van der Waals surface area contributed by atoms with E-state index in [-0.39, 0.29) is 11.3 Å². The number of aromatic carboxylic acids is 1. The summed E-state index contributed by atoms with van der Waals surface area (Å²) in [4.78, 5) is 15.0.